The Morgan fingerprint density at radius 1 is 1.60 bits per heavy atom. The molecule has 0 fully saturated rings. The van der Waals surface area contributed by atoms with Crippen molar-refractivity contribution in [1.82, 2.24) is 10.2 Å². The highest BCUT2D eigenvalue weighted by atomic mass is 32.2. The van der Waals surface area contributed by atoms with E-state index >= 15 is 0 Å². The van der Waals surface area contributed by atoms with Gasteiger partial charge in [0.15, 0.2) is 0 Å². The summed E-state index contributed by atoms with van der Waals surface area (Å²) in [6.07, 6.45) is 1.09. The normalized spacial score (nSPS) is 10.1. The topological polar surface area (TPSA) is 64.9 Å². The fourth-order valence-corrected chi connectivity index (χ4v) is 1.09. The number of anilines is 1. The second-order valence-corrected chi connectivity index (χ2v) is 2.80. The Morgan fingerprint density at radius 3 is 2.90 bits per heavy atom. The number of hydrogen-bond donors (Lipinski definition) is 1. The number of nitrogen functional groups attached to an aromatic ring is 1. The van der Waals surface area contributed by atoms with Crippen molar-refractivity contribution in [2.24, 2.45) is 0 Å². The molecule has 0 unspecified atom stereocenters. The van der Waals surface area contributed by atoms with Crippen LogP contribution in [0.25, 0.3) is 0 Å². The summed E-state index contributed by atoms with van der Waals surface area (Å²) in [5.74, 6) is 0.988. The second-order valence-electron chi connectivity index (χ2n) is 1.75. The van der Waals surface area contributed by atoms with Crippen LogP contribution < -0.4 is 5.73 Å². The fourth-order valence-electron chi connectivity index (χ4n) is 0.468. The average molecular weight is 159 g/mol. The van der Waals surface area contributed by atoms with Crippen LogP contribution in [0.4, 0.5) is 6.01 Å². The lowest BCUT2D eigenvalue weighted by Crippen LogP contribution is -1.81. The van der Waals surface area contributed by atoms with E-state index in [-0.39, 0.29) is 6.01 Å². The summed E-state index contributed by atoms with van der Waals surface area (Å²) in [6, 6.07) is 0.138. The van der Waals surface area contributed by atoms with Gasteiger partial charge in [-0.2, -0.15) is 0 Å². The smallest absolute Gasteiger partial charge is 0.313 e. The number of nitrogens with two attached hydrogens (primary N) is 1. The Bertz CT molecular complexity index is 201. The zero-order valence-corrected chi connectivity index (χ0v) is 6.52. The standard InChI is InChI=1S/C5H9N3OS/c1-2-3-10-5-8-7-4(6)9-5/h2-3H2,1H3,(H2,6,7). The average Bonchev–Trinajstić information content (AvgIpc) is 2.31. The van der Waals surface area contributed by atoms with Crippen LogP contribution in [-0.4, -0.2) is 16.0 Å². The predicted molar refractivity (Wildman–Crippen MR) is 39.7 cm³/mol. The molecule has 2 N–H and O–H groups in total. The second kappa shape index (κ2) is 3.46. The Morgan fingerprint density at radius 2 is 2.40 bits per heavy atom. The molecule has 1 aromatic rings. The minimum atomic E-state index is 0.138. The molecule has 0 saturated carbocycles. The first-order chi connectivity index (χ1) is 4.83. The molecule has 0 saturated heterocycles. The molecule has 4 nitrogen and oxygen atoms in total. The zero-order valence-electron chi connectivity index (χ0n) is 5.70. The molecule has 1 rings (SSSR count). The van der Waals surface area contributed by atoms with Gasteiger partial charge in [0.2, 0.25) is 0 Å². The maximum absolute atomic E-state index is 5.20. The van der Waals surface area contributed by atoms with Gasteiger partial charge in [0.25, 0.3) is 5.22 Å². The first-order valence-electron chi connectivity index (χ1n) is 3.04. The largest absolute Gasteiger partial charge is 0.398 e. The Hall–Kier alpha value is -0.710. The van der Waals surface area contributed by atoms with E-state index in [1.165, 1.54) is 11.8 Å². The van der Waals surface area contributed by atoms with Gasteiger partial charge in [-0.25, -0.2) is 0 Å². The summed E-state index contributed by atoms with van der Waals surface area (Å²) in [5.41, 5.74) is 5.20. The first-order valence-corrected chi connectivity index (χ1v) is 4.03. The molecule has 1 aromatic heterocycles. The van der Waals surface area contributed by atoms with Crippen molar-refractivity contribution in [2.75, 3.05) is 11.5 Å². The Balaban J connectivity index is 2.42. The van der Waals surface area contributed by atoms with Crippen LogP contribution in [0, 0.1) is 0 Å². The molecule has 0 amide bonds. The number of rotatable bonds is 3. The van der Waals surface area contributed by atoms with Crippen LogP contribution in [0.2, 0.25) is 0 Å². The highest BCUT2D eigenvalue weighted by Crippen LogP contribution is 2.16. The summed E-state index contributed by atoms with van der Waals surface area (Å²) in [4.78, 5) is 0. The lowest BCUT2D eigenvalue weighted by atomic mass is 10.6. The summed E-state index contributed by atoms with van der Waals surface area (Å²) < 4.78 is 4.90. The highest BCUT2D eigenvalue weighted by Gasteiger charge is 2.00. The van der Waals surface area contributed by atoms with Crippen LogP contribution in [0.3, 0.4) is 0 Å². The van der Waals surface area contributed by atoms with Gasteiger partial charge in [0.1, 0.15) is 0 Å². The molecule has 0 radical (unpaired) electrons. The van der Waals surface area contributed by atoms with Gasteiger partial charge in [-0.3, -0.25) is 0 Å². The van der Waals surface area contributed by atoms with E-state index < -0.39 is 0 Å². The number of thioether (sulfide) groups is 1. The van der Waals surface area contributed by atoms with Crippen molar-refractivity contribution in [2.45, 2.75) is 18.6 Å². The van der Waals surface area contributed by atoms with E-state index in [2.05, 4.69) is 17.1 Å². The molecule has 56 valence electrons. The van der Waals surface area contributed by atoms with Gasteiger partial charge in [0.05, 0.1) is 0 Å². The molecule has 1 heterocycles. The van der Waals surface area contributed by atoms with E-state index in [4.69, 9.17) is 10.2 Å². The molecule has 0 atom stereocenters. The molecular formula is C5H9N3OS. The van der Waals surface area contributed by atoms with Crippen molar-refractivity contribution in [3.05, 3.63) is 0 Å². The minimum Gasteiger partial charge on any atom is -0.398 e. The van der Waals surface area contributed by atoms with Crippen molar-refractivity contribution >= 4 is 17.8 Å². The maximum Gasteiger partial charge on any atom is 0.313 e. The fraction of sp³-hybridized carbons (Fsp3) is 0.600. The van der Waals surface area contributed by atoms with Crippen molar-refractivity contribution in [1.29, 1.82) is 0 Å². The monoisotopic (exact) mass is 159 g/mol. The maximum atomic E-state index is 5.20. The van der Waals surface area contributed by atoms with Crippen molar-refractivity contribution in [3.63, 3.8) is 0 Å². The Kier molecular flexibility index (Phi) is 2.56. The summed E-state index contributed by atoms with van der Waals surface area (Å²) in [7, 11) is 0. The van der Waals surface area contributed by atoms with Crippen LogP contribution in [-0.2, 0) is 0 Å². The minimum absolute atomic E-state index is 0.138. The molecular weight excluding hydrogens is 150 g/mol. The molecule has 0 aliphatic carbocycles. The third kappa shape index (κ3) is 1.91. The van der Waals surface area contributed by atoms with Gasteiger partial charge in [0, 0.05) is 5.75 Å². The summed E-state index contributed by atoms with van der Waals surface area (Å²) in [6.45, 7) is 2.09. The molecule has 0 bridgehead atoms. The van der Waals surface area contributed by atoms with Gasteiger partial charge in [-0.05, 0) is 6.42 Å². The van der Waals surface area contributed by atoms with Gasteiger partial charge in [-0.1, -0.05) is 28.9 Å². The van der Waals surface area contributed by atoms with E-state index in [1.807, 2.05) is 0 Å². The lowest BCUT2D eigenvalue weighted by Gasteiger charge is -1.87. The third-order valence-electron chi connectivity index (χ3n) is 0.852. The van der Waals surface area contributed by atoms with E-state index in [9.17, 15) is 0 Å². The van der Waals surface area contributed by atoms with Crippen LogP contribution in [0.5, 0.6) is 0 Å². The van der Waals surface area contributed by atoms with Gasteiger partial charge < -0.3 is 10.2 Å². The van der Waals surface area contributed by atoms with Gasteiger partial charge >= 0.3 is 6.01 Å². The molecule has 0 aromatic carbocycles. The van der Waals surface area contributed by atoms with E-state index in [0.717, 1.165) is 12.2 Å². The summed E-state index contributed by atoms with van der Waals surface area (Å²) in [5, 5.41) is 7.74. The zero-order chi connectivity index (χ0) is 7.40. The lowest BCUT2D eigenvalue weighted by molar-refractivity contribution is 0.470. The third-order valence-corrected chi connectivity index (χ3v) is 1.88. The number of aromatic nitrogens is 2. The quantitative estimate of drug-likeness (QED) is 0.670. The molecule has 0 spiro atoms. The number of nitrogens with zero attached hydrogens (tertiary/aromatic N) is 2. The molecule has 0 aliphatic rings. The highest BCUT2D eigenvalue weighted by molar-refractivity contribution is 7.99. The SMILES string of the molecule is CCCSc1nnc(N)o1. The van der Waals surface area contributed by atoms with E-state index in [0.29, 0.717) is 5.22 Å². The Labute approximate surface area is 63.2 Å². The van der Waals surface area contributed by atoms with Crippen molar-refractivity contribution < 1.29 is 4.42 Å². The molecule has 0 aliphatic heterocycles. The van der Waals surface area contributed by atoms with Crippen LogP contribution in [0.1, 0.15) is 13.3 Å². The van der Waals surface area contributed by atoms with Crippen molar-refractivity contribution in [3.8, 4) is 0 Å². The predicted octanol–water partition coefficient (Wildman–Crippen LogP) is 1.15. The van der Waals surface area contributed by atoms with E-state index in [1.54, 1.807) is 0 Å². The molecule has 10 heavy (non-hydrogen) atoms. The van der Waals surface area contributed by atoms with Crippen LogP contribution >= 0.6 is 11.8 Å². The summed E-state index contributed by atoms with van der Waals surface area (Å²) >= 11 is 1.52. The first kappa shape index (κ1) is 7.40. The number of hydrogen-bond acceptors (Lipinski definition) is 5. The van der Waals surface area contributed by atoms with Gasteiger partial charge in [-0.15, -0.1) is 0 Å². The van der Waals surface area contributed by atoms with Crippen LogP contribution in [0.15, 0.2) is 9.64 Å². The molecule has 5 heteroatoms.